The van der Waals surface area contributed by atoms with Crippen LogP contribution in [0.2, 0.25) is 0 Å². The van der Waals surface area contributed by atoms with Gasteiger partial charge in [0.05, 0.1) is 15.5 Å². The van der Waals surface area contributed by atoms with E-state index in [1.165, 1.54) is 30.3 Å². The molecule has 2 aromatic rings. The average Bonchev–Trinajstić information content (AvgIpc) is 2.85. The zero-order valence-electron chi connectivity index (χ0n) is 29.0. The number of rotatable bonds is 9. The number of nitrogens with one attached hydrogen (secondary N) is 5. The molecule has 1 aliphatic rings. The highest BCUT2D eigenvalue weighted by Crippen LogP contribution is 2.40. The minimum atomic E-state index is -5.08. The number of hydrogen-bond donors (Lipinski definition) is 7. The van der Waals surface area contributed by atoms with E-state index in [9.17, 15) is 23.1 Å². The van der Waals surface area contributed by atoms with Crippen LogP contribution in [0, 0.1) is 25.2 Å². The van der Waals surface area contributed by atoms with Gasteiger partial charge in [0.2, 0.25) is 5.91 Å². The summed E-state index contributed by atoms with van der Waals surface area (Å²) in [6.07, 6.45) is 2.55. The van der Waals surface area contributed by atoms with Gasteiger partial charge < -0.3 is 16.0 Å². The van der Waals surface area contributed by atoms with Crippen LogP contribution in [-0.4, -0.2) is 43.6 Å². The fourth-order valence-electron chi connectivity index (χ4n) is 6.82. The third-order valence-electron chi connectivity index (χ3n) is 8.08. The van der Waals surface area contributed by atoms with Crippen molar-refractivity contribution in [1.82, 2.24) is 16.1 Å². The van der Waals surface area contributed by atoms with Gasteiger partial charge in [-0.15, -0.1) is 0 Å². The molecule has 11 nitrogen and oxygen atoms in total. The van der Waals surface area contributed by atoms with Crippen LogP contribution in [0.5, 0.6) is 0 Å². The lowest BCUT2D eigenvalue weighted by Crippen LogP contribution is -2.63. The number of benzene rings is 2. The first kappa shape index (κ1) is 37.1. The first-order valence-electron chi connectivity index (χ1n) is 15.7. The molecule has 3 amide bonds. The third-order valence-corrected chi connectivity index (χ3v) is 10.6. The smallest absolute Gasteiger partial charge is 0.327 e. The van der Waals surface area contributed by atoms with E-state index >= 15 is 0 Å². The summed E-state index contributed by atoms with van der Waals surface area (Å²) in [5, 5.41) is 15.5. The van der Waals surface area contributed by atoms with Crippen molar-refractivity contribution < 1.29 is 23.1 Å². The molecule has 0 saturated carbocycles. The molecule has 1 aliphatic heterocycles. The van der Waals surface area contributed by atoms with Gasteiger partial charge in [-0.2, -0.15) is 4.21 Å². The fourth-order valence-corrected chi connectivity index (χ4v) is 8.76. The standard InChI is InChI=1S/C34H54N6O5S/c1-21(18-32(4,5)6)15-29(41)37-27-17-28(23(3)16-22(27)2)46(35,44,45)26-13-11-24(12-14-26)38-39-31(43)30(42)36-25-19-33(7,8)40-34(9,10)20-25/h11-14,16-17,21,25,38,40H,15,18-20H2,1-10H3,(H,36,42)(H,37,41)(H,39,43)(H3,35,44,45). The molecular weight excluding hydrogens is 604 g/mol. The molecule has 256 valence electrons. The molecule has 0 aromatic heterocycles. The summed E-state index contributed by atoms with van der Waals surface area (Å²) in [6, 6.07) is 8.75. The Morgan fingerprint density at radius 1 is 1.00 bits per heavy atom. The van der Waals surface area contributed by atoms with Gasteiger partial charge in [0.1, 0.15) is 0 Å². The number of aryl methyl sites for hydroxylation is 2. The molecule has 1 saturated heterocycles. The molecule has 1 atom stereocenters. The summed E-state index contributed by atoms with van der Waals surface area (Å²) in [7, 11) is -5.08. The fraction of sp³-hybridized carbons (Fsp3) is 0.559. The maximum Gasteiger partial charge on any atom is 0.327 e. The molecule has 46 heavy (non-hydrogen) atoms. The molecule has 2 aromatic carbocycles. The van der Waals surface area contributed by atoms with Gasteiger partial charge in [0.25, 0.3) is 0 Å². The maximum atomic E-state index is 14.1. The van der Waals surface area contributed by atoms with E-state index in [4.69, 9.17) is 5.14 Å². The van der Waals surface area contributed by atoms with Crippen molar-refractivity contribution in [3.8, 4) is 0 Å². The highest BCUT2D eigenvalue weighted by Gasteiger charge is 2.39. The van der Waals surface area contributed by atoms with E-state index < -0.39 is 21.3 Å². The highest BCUT2D eigenvalue weighted by atomic mass is 32.3. The van der Waals surface area contributed by atoms with Gasteiger partial charge in [-0.25, -0.2) is 5.14 Å². The van der Waals surface area contributed by atoms with Crippen molar-refractivity contribution in [3.05, 3.63) is 47.5 Å². The first-order chi connectivity index (χ1) is 20.8. The van der Waals surface area contributed by atoms with Crippen LogP contribution in [0.3, 0.4) is 0 Å². The third kappa shape index (κ3) is 9.84. The van der Waals surface area contributed by atoms with Gasteiger partial charge in [-0.1, -0.05) is 43.3 Å². The van der Waals surface area contributed by atoms with E-state index in [1.54, 1.807) is 13.0 Å². The Hall–Kier alpha value is -3.32. The quantitative estimate of drug-likeness (QED) is 0.144. The lowest BCUT2D eigenvalue weighted by Gasteiger charge is -2.46. The zero-order valence-corrected chi connectivity index (χ0v) is 29.8. The predicted octanol–water partition coefficient (Wildman–Crippen LogP) is 5.16. The summed E-state index contributed by atoms with van der Waals surface area (Å²) >= 11 is 0. The van der Waals surface area contributed by atoms with Crippen LogP contribution < -0.4 is 31.9 Å². The van der Waals surface area contributed by atoms with Crippen molar-refractivity contribution in [2.24, 2.45) is 16.5 Å². The summed E-state index contributed by atoms with van der Waals surface area (Å²) < 4.78 is 25.6. The molecule has 1 fully saturated rings. The number of carbonyl (C=O) groups is 3. The lowest BCUT2D eigenvalue weighted by molar-refractivity contribution is -0.139. The number of hydrogen-bond acceptors (Lipinski definition) is 6. The second-order valence-electron chi connectivity index (χ2n) is 15.6. The largest absolute Gasteiger partial charge is 0.345 e. The second kappa shape index (κ2) is 13.1. The Morgan fingerprint density at radius 2 is 1.57 bits per heavy atom. The summed E-state index contributed by atoms with van der Waals surface area (Å²) in [6.45, 7) is 20.2. The number of anilines is 2. The molecule has 3 rings (SSSR count). The van der Waals surface area contributed by atoms with Gasteiger partial charge in [-0.05, 0) is 114 Å². The number of amides is 3. The number of hydrazine groups is 1. The minimum Gasteiger partial charge on any atom is -0.345 e. The van der Waals surface area contributed by atoms with Crippen LogP contribution in [0.1, 0.15) is 92.2 Å². The monoisotopic (exact) mass is 658 g/mol. The second-order valence-corrected chi connectivity index (χ2v) is 18.4. The van der Waals surface area contributed by atoms with Crippen LogP contribution in [0.4, 0.5) is 11.4 Å². The van der Waals surface area contributed by atoms with Crippen molar-refractivity contribution >= 4 is 38.6 Å². The van der Waals surface area contributed by atoms with Crippen LogP contribution in [0.25, 0.3) is 0 Å². The van der Waals surface area contributed by atoms with Gasteiger partial charge in [0.15, 0.2) is 0 Å². The lowest BCUT2D eigenvalue weighted by atomic mass is 9.79. The van der Waals surface area contributed by atoms with E-state index in [0.717, 1.165) is 12.0 Å². The Labute approximate surface area is 274 Å². The zero-order chi connectivity index (χ0) is 34.9. The van der Waals surface area contributed by atoms with Gasteiger partial charge >= 0.3 is 11.8 Å². The van der Waals surface area contributed by atoms with E-state index in [1.807, 2.05) is 13.8 Å². The molecular formula is C34H54N6O5S. The Bertz CT molecular complexity index is 1520. The summed E-state index contributed by atoms with van der Waals surface area (Å²) in [4.78, 5) is 37.9. The van der Waals surface area contributed by atoms with Crippen molar-refractivity contribution in [1.29, 1.82) is 0 Å². The average molecular weight is 659 g/mol. The Balaban J connectivity index is 1.70. The van der Waals surface area contributed by atoms with Crippen molar-refractivity contribution in [2.75, 3.05) is 10.7 Å². The minimum absolute atomic E-state index is 0.00408. The van der Waals surface area contributed by atoms with Gasteiger partial charge in [0, 0.05) is 29.2 Å². The molecule has 0 spiro atoms. The molecule has 0 bridgehead atoms. The topological polar surface area (TPSA) is 175 Å². The first-order valence-corrected chi connectivity index (χ1v) is 17.7. The van der Waals surface area contributed by atoms with Crippen molar-refractivity contribution in [2.45, 2.75) is 122 Å². The summed E-state index contributed by atoms with van der Waals surface area (Å²) in [5.41, 5.74) is 6.78. The SMILES string of the molecule is Cc1cc(C)c(S(N)(=O)(O)c2ccc(NNC(=O)C(=O)NC3CC(C)(C)NC(C)(C)C3)cc2)cc1NC(=O)CC(C)CC(C)(C)C. The van der Waals surface area contributed by atoms with Crippen molar-refractivity contribution in [3.63, 3.8) is 0 Å². The Morgan fingerprint density at radius 3 is 2.11 bits per heavy atom. The predicted molar refractivity (Wildman–Crippen MR) is 185 cm³/mol. The number of nitrogens with two attached hydrogens (primary N) is 1. The van der Waals surface area contributed by atoms with E-state index in [0.29, 0.717) is 36.2 Å². The van der Waals surface area contributed by atoms with Gasteiger partial charge in [-0.3, -0.25) is 29.8 Å². The van der Waals surface area contributed by atoms with E-state index in [-0.39, 0.29) is 44.2 Å². The molecule has 12 heteroatoms. The van der Waals surface area contributed by atoms with Crippen LogP contribution in [-0.2, 0) is 23.9 Å². The molecule has 1 heterocycles. The normalized spacial score (nSPS) is 18.0. The Kier molecular flexibility index (Phi) is 10.5. The maximum absolute atomic E-state index is 14.1. The van der Waals surface area contributed by atoms with Crippen LogP contribution >= 0.6 is 0 Å². The highest BCUT2D eigenvalue weighted by molar-refractivity contribution is 8.13. The van der Waals surface area contributed by atoms with E-state index in [2.05, 4.69) is 75.3 Å². The molecule has 0 aliphatic carbocycles. The number of carbonyl (C=O) groups excluding carboxylic acids is 3. The molecule has 0 radical (unpaired) electrons. The van der Waals surface area contributed by atoms with Crippen LogP contribution in [0.15, 0.2) is 46.2 Å². The molecule has 8 N–H and O–H groups in total. The number of piperidine rings is 1. The summed E-state index contributed by atoms with van der Waals surface area (Å²) in [5.74, 6) is -1.64. The molecule has 1 unspecified atom stereocenters.